The van der Waals surface area contributed by atoms with Crippen LogP contribution in [0, 0.1) is 6.92 Å². The number of thiazole rings is 1. The Labute approximate surface area is 163 Å². The highest BCUT2D eigenvalue weighted by molar-refractivity contribution is 7.13. The molecule has 0 saturated heterocycles. The maximum Gasteiger partial charge on any atom is 0.267 e. The first-order chi connectivity index (χ1) is 12.8. The molecule has 0 aliphatic heterocycles. The van der Waals surface area contributed by atoms with Crippen molar-refractivity contribution in [3.8, 4) is 5.75 Å². The van der Waals surface area contributed by atoms with Gasteiger partial charge in [-0.05, 0) is 42.2 Å². The number of nitrogens with zero attached hydrogens (tertiary/aromatic N) is 2. The summed E-state index contributed by atoms with van der Waals surface area (Å²) < 4.78 is 5.66. The molecule has 2 heterocycles. The van der Waals surface area contributed by atoms with Gasteiger partial charge < -0.3 is 10.1 Å². The third-order valence-electron chi connectivity index (χ3n) is 4.05. The molecular weight excluding hydrogens is 358 g/mol. The van der Waals surface area contributed by atoms with E-state index in [-0.39, 0.29) is 11.3 Å². The van der Waals surface area contributed by atoms with Crippen LogP contribution in [0.3, 0.4) is 0 Å². The van der Waals surface area contributed by atoms with E-state index in [0.29, 0.717) is 22.9 Å². The summed E-state index contributed by atoms with van der Waals surface area (Å²) in [5.41, 5.74) is 2.78. The first-order valence-electron chi connectivity index (χ1n) is 8.74. The summed E-state index contributed by atoms with van der Waals surface area (Å²) >= 11 is 1.34. The van der Waals surface area contributed by atoms with Crippen LogP contribution in [-0.2, 0) is 12.0 Å². The summed E-state index contributed by atoms with van der Waals surface area (Å²) in [6, 6.07) is 11.6. The maximum absolute atomic E-state index is 12.6. The molecular formula is C21H23N3O2S. The van der Waals surface area contributed by atoms with Gasteiger partial charge in [-0.15, -0.1) is 11.3 Å². The second-order valence-electron chi connectivity index (χ2n) is 7.28. The number of carbonyl (C=O) groups excluding carboxylic acids is 1. The van der Waals surface area contributed by atoms with Crippen molar-refractivity contribution in [1.82, 2.24) is 9.97 Å². The number of aryl methyl sites for hydroxylation is 1. The Morgan fingerprint density at radius 3 is 2.56 bits per heavy atom. The second kappa shape index (κ2) is 7.88. The molecule has 1 aromatic carbocycles. The van der Waals surface area contributed by atoms with Gasteiger partial charge in [-0.25, -0.2) is 4.98 Å². The molecule has 6 heteroatoms. The molecule has 0 atom stereocenters. The monoisotopic (exact) mass is 381 g/mol. The van der Waals surface area contributed by atoms with Gasteiger partial charge in [0.1, 0.15) is 22.2 Å². The fraction of sp³-hybridized carbons (Fsp3) is 0.286. The topological polar surface area (TPSA) is 64.1 Å². The normalized spacial score (nSPS) is 11.3. The molecule has 1 amide bonds. The molecule has 3 rings (SSSR count). The minimum absolute atomic E-state index is 0.0833. The van der Waals surface area contributed by atoms with Crippen molar-refractivity contribution < 1.29 is 9.53 Å². The summed E-state index contributed by atoms with van der Waals surface area (Å²) in [7, 11) is 0. The summed E-state index contributed by atoms with van der Waals surface area (Å²) in [4.78, 5) is 21.7. The average molecular weight is 382 g/mol. The fourth-order valence-corrected chi connectivity index (χ4v) is 3.42. The molecule has 0 radical (unpaired) electrons. The van der Waals surface area contributed by atoms with Crippen LogP contribution in [0.15, 0.2) is 48.8 Å². The lowest BCUT2D eigenvalue weighted by Gasteiger charge is -2.19. The summed E-state index contributed by atoms with van der Waals surface area (Å²) in [5, 5.41) is 3.70. The Kier molecular flexibility index (Phi) is 5.56. The third-order valence-corrected chi connectivity index (χ3v) is 5.18. The van der Waals surface area contributed by atoms with Crippen molar-refractivity contribution in [2.45, 2.75) is 39.7 Å². The number of ether oxygens (including phenoxy) is 1. The Morgan fingerprint density at radius 2 is 1.93 bits per heavy atom. The number of anilines is 1. The highest BCUT2D eigenvalue weighted by Gasteiger charge is 2.17. The van der Waals surface area contributed by atoms with Crippen LogP contribution < -0.4 is 10.1 Å². The Hall–Kier alpha value is -2.73. The number of aromatic nitrogens is 2. The zero-order valence-corrected chi connectivity index (χ0v) is 16.8. The number of pyridine rings is 1. The minimum atomic E-state index is -0.152. The number of hydrogen-bond acceptors (Lipinski definition) is 5. The molecule has 0 aliphatic carbocycles. The molecule has 0 spiro atoms. The first-order valence-corrected chi connectivity index (χ1v) is 9.55. The van der Waals surface area contributed by atoms with Crippen molar-refractivity contribution in [3.63, 3.8) is 0 Å². The summed E-state index contributed by atoms with van der Waals surface area (Å²) in [5.74, 6) is 0.524. The Bertz CT molecular complexity index is 913. The number of benzene rings is 1. The smallest absolute Gasteiger partial charge is 0.267 e. The van der Waals surface area contributed by atoms with Crippen molar-refractivity contribution in [2.24, 2.45) is 0 Å². The van der Waals surface area contributed by atoms with E-state index < -0.39 is 0 Å². The van der Waals surface area contributed by atoms with Gasteiger partial charge in [0.2, 0.25) is 0 Å². The van der Waals surface area contributed by atoms with Crippen molar-refractivity contribution in [3.05, 3.63) is 69.9 Å². The second-order valence-corrected chi connectivity index (χ2v) is 8.36. The van der Waals surface area contributed by atoms with E-state index >= 15 is 0 Å². The molecule has 3 aromatic rings. The van der Waals surface area contributed by atoms with Crippen molar-refractivity contribution >= 4 is 22.9 Å². The van der Waals surface area contributed by atoms with E-state index in [4.69, 9.17) is 4.74 Å². The van der Waals surface area contributed by atoms with E-state index in [1.165, 1.54) is 16.9 Å². The Morgan fingerprint density at radius 1 is 1.19 bits per heavy atom. The molecule has 27 heavy (non-hydrogen) atoms. The predicted octanol–water partition coefficient (Wildman–Crippen LogP) is 4.98. The number of amides is 1. The molecule has 0 bridgehead atoms. The van der Waals surface area contributed by atoms with Gasteiger partial charge in [-0.1, -0.05) is 32.9 Å². The molecule has 5 nitrogen and oxygen atoms in total. The zero-order chi connectivity index (χ0) is 19.4. The molecule has 1 N–H and O–H groups in total. The lowest BCUT2D eigenvalue weighted by Crippen LogP contribution is -2.13. The van der Waals surface area contributed by atoms with Gasteiger partial charge in [0.05, 0.1) is 11.9 Å². The van der Waals surface area contributed by atoms with E-state index in [1.807, 2.05) is 43.3 Å². The quantitative estimate of drug-likeness (QED) is 0.677. The lowest BCUT2D eigenvalue weighted by atomic mass is 9.87. The largest absolute Gasteiger partial charge is 0.485 e. The highest BCUT2D eigenvalue weighted by atomic mass is 32.1. The van der Waals surface area contributed by atoms with Crippen LogP contribution in [0.1, 0.15) is 46.7 Å². The highest BCUT2D eigenvalue weighted by Crippen LogP contribution is 2.25. The van der Waals surface area contributed by atoms with Crippen LogP contribution >= 0.6 is 11.3 Å². The van der Waals surface area contributed by atoms with Gasteiger partial charge in [0.25, 0.3) is 5.91 Å². The average Bonchev–Trinajstić information content (AvgIpc) is 3.01. The molecule has 0 unspecified atom stereocenters. The molecule has 2 aromatic heterocycles. The summed E-state index contributed by atoms with van der Waals surface area (Å²) in [6.45, 7) is 8.63. The van der Waals surface area contributed by atoms with E-state index in [0.717, 1.165) is 10.7 Å². The lowest BCUT2D eigenvalue weighted by molar-refractivity contribution is 0.103. The molecule has 0 fully saturated rings. The van der Waals surface area contributed by atoms with Gasteiger partial charge in [0.15, 0.2) is 0 Å². The van der Waals surface area contributed by atoms with Crippen molar-refractivity contribution in [1.29, 1.82) is 0 Å². The molecule has 0 aliphatic rings. The van der Waals surface area contributed by atoms with Crippen LogP contribution in [0.5, 0.6) is 5.75 Å². The number of rotatable bonds is 5. The molecule has 140 valence electrons. The maximum atomic E-state index is 12.6. The van der Waals surface area contributed by atoms with Gasteiger partial charge in [-0.2, -0.15) is 0 Å². The van der Waals surface area contributed by atoms with E-state index in [2.05, 4.69) is 36.1 Å². The Balaban J connectivity index is 1.65. The predicted molar refractivity (Wildman–Crippen MR) is 109 cm³/mol. The number of carbonyl (C=O) groups is 1. The minimum Gasteiger partial charge on any atom is -0.485 e. The van der Waals surface area contributed by atoms with Crippen LogP contribution in [-0.4, -0.2) is 15.9 Å². The summed E-state index contributed by atoms with van der Waals surface area (Å²) in [6.07, 6.45) is 3.34. The van der Waals surface area contributed by atoms with Crippen LogP contribution in [0.4, 0.5) is 5.69 Å². The number of nitrogens with one attached hydrogen (secondary N) is 1. The first kappa shape index (κ1) is 19.0. The standard InChI is InChI=1S/C21H23N3O2S/c1-14-19(27-18(23-14)13-26-17-6-5-11-22-12-17)20(25)24-16-9-7-15(8-10-16)21(2,3)4/h5-12H,13H2,1-4H3,(H,24,25). The SMILES string of the molecule is Cc1nc(COc2cccnc2)sc1C(=O)Nc1ccc(C(C)(C)C)cc1. The van der Waals surface area contributed by atoms with E-state index in [1.54, 1.807) is 12.4 Å². The van der Waals surface area contributed by atoms with Crippen LogP contribution in [0.2, 0.25) is 0 Å². The number of hydrogen-bond donors (Lipinski definition) is 1. The zero-order valence-electron chi connectivity index (χ0n) is 15.9. The molecule has 0 saturated carbocycles. The van der Waals surface area contributed by atoms with Gasteiger partial charge in [-0.3, -0.25) is 9.78 Å². The van der Waals surface area contributed by atoms with Gasteiger partial charge in [0, 0.05) is 11.9 Å². The fourth-order valence-electron chi connectivity index (χ4n) is 2.54. The van der Waals surface area contributed by atoms with Gasteiger partial charge >= 0.3 is 0 Å². The third kappa shape index (κ3) is 4.92. The van der Waals surface area contributed by atoms with Crippen LogP contribution in [0.25, 0.3) is 0 Å². The van der Waals surface area contributed by atoms with E-state index in [9.17, 15) is 4.79 Å². The van der Waals surface area contributed by atoms with Crippen molar-refractivity contribution in [2.75, 3.05) is 5.32 Å².